The third-order valence-electron chi connectivity index (χ3n) is 2.06. The Morgan fingerprint density at radius 1 is 1.54 bits per heavy atom. The number of carboxylic acid groups (broad SMARTS) is 2. The highest BCUT2D eigenvalue weighted by atomic mass is 16.4. The Balaban J connectivity index is 2.83. The van der Waals surface area contributed by atoms with E-state index in [1.54, 1.807) is 13.0 Å². The predicted molar refractivity (Wildman–Crippen MR) is 44.5 cm³/mol. The first-order valence-corrected chi connectivity index (χ1v) is 3.90. The van der Waals surface area contributed by atoms with Gasteiger partial charge in [0, 0.05) is 6.54 Å². The number of amides is 1. The molecule has 5 heteroatoms. The summed E-state index contributed by atoms with van der Waals surface area (Å²) >= 11 is 0. The second-order valence-corrected chi connectivity index (χ2v) is 3.04. The van der Waals surface area contributed by atoms with Gasteiger partial charge in [-0.3, -0.25) is 4.90 Å². The molecule has 0 radical (unpaired) electrons. The number of hydrogen-bond acceptors (Lipinski definition) is 2. The number of hydrogen-bond donors (Lipinski definition) is 2. The molecule has 1 aliphatic heterocycles. The van der Waals surface area contributed by atoms with Crippen molar-refractivity contribution < 1.29 is 19.8 Å². The smallest absolute Gasteiger partial charge is 0.408 e. The minimum atomic E-state index is -1.18. The van der Waals surface area contributed by atoms with E-state index in [9.17, 15) is 9.59 Å². The fraction of sp³-hybridized carbons (Fsp3) is 0.500. The number of rotatable bonds is 1. The SMILES string of the molecule is CC1=CCN(C(=O)O)[C@H](C(=O)O)C1. The first-order chi connectivity index (χ1) is 6.02. The average Bonchev–Trinajstić information content (AvgIpc) is 2.03. The van der Waals surface area contributed by atoms with Crippen LogP contribution in [0.3, 0.4) is 0 Å². The zero-order valence-corrected chi connectivity index (χ0v) is 7.23. The molecule has 0 aliphatic carbocycles. The lowest BCUT2D eigenvalue weighted by molar-refractivity contribution is -0.142. The van der Waals surface area contributed by atoms with Crippen molar-refractivity contribution in [1.29, 1.82) is 0 Å². The summed E-state index contributed by atoms with van der Waals surface area (Å²) in [6.07, 6.45) is 0.825. The average molecular weight is 185 g/mol. The lowest BCUT2D eigenvalue weighted by Crippen LogP contribution is -2.46. The van der Waals surface area contributed by atoms with Crippen LogP contribution in [0.5, 0.6) is 0 Å². The molecule has 72 valence electrons. The van der Waals surface area contributed by atoms with E-state index in [0.29, 0.717) is 0 Å². The van der Waals surface area contributed by atoms with Crippen molar-refractivity contribution in [1.82, 2.24) is 4.90 Å². The fourth-order valence-electron chi connectivity index (χ4n) is 1.31. The molecule has 0 aromatic heterocycles. The van der Waals surface area contributed by atoms with Crippen LogP contribution in [-0.2, 0) is 4.79 Å². The van der Waals surface area contributed by atoms with Gasteiger partial charge in [-0.15, -0.1) is 0 Å². The van der Waals surface area contributed by atoms with Crippen molar-refractivity contribution in [2.24, 2.45) is 0 Å². The molecule has 1 aliphatic rings. The van der Waals surface area contributed by atoms with Gasteiger partial charge < -0.3 is 10.2 Å². The van der Waals surface area contributed by atoms with Gasteiger partial charge in [0.15, 0.2) is 0 Å². The molecule has 1 heterocycles. The number of carbonyl (C=O) groups is 2. The highest BCUT2D eigenvalue weighted by Crippen LogP contribution is 2.17. The molecule has 1 amide bonds. The van der Waals surface area contributed by atoms with Crippen molar-refractivity contribution in [3.8, 4) is 0 Å². The van der Waals surface area contributed by atoms with Crippen molar-refractivity contribution in [3.05, 3.63) is 11.6 Å². The maximum absolute atomic E-state index is 10.7. The second kappa shape index (κ2) is 3.47. The first-order valence-electron chi connectivity index (χ1n) is 3.90. The van der Waals surface area contributed by atoms with E-state index in [1.165, 1.54) is 0 Å². The molecule has 0 unspecified atom stereocenters. The molecule has 1 atom stereocenters. The highest BCUT2D eigenvalue weighted by molar-refractivity contribution is 5.80. The molecule has 0 spiro atoms. The van der Waals surface area contributed by atoms with Crippen LogP contribution >= 0.6 is 0 Å². The maximum Gasteiger partial charge on any atom is 0.408 e. The van der Waals surface area contributed by atoms with Gasteiger partial charge in [0.1, 0.15) is 6.04 Å². The van der Waals surface area contributed by atoms with E-state index in [1.807, 2.05) is 0 Å². The van der Waals surface area contributed by atoms with Crippen LogP contribution in [0.2, 0.25) is 0 Å². The van der Waals surface area contributed by atoms with Crippen LogP contribution in [0.1, 0.15) is 13.3 Å². The molecule has 1 rings (SSSR count). The highest BCUT2D eigenvalue weighted by Gasteiger charge is 2.31. The zero-order chi connectivity index (χ0) is 10.0. The maximum atomic E-state index is 10.7. The van der Waals surface area contributed by atoms with E-state index in [4.69, 9.17) is 10.2 Å². The second-order valence-electron chi connectivity index (χ2n) is 3.04. The van der Waals surface area contributed by atoms with Crippen molar-refractivity contribution in [2.45, 2.75) is 19.4 Å². The van der Waals surface area contributed by atoms with Crippen molar-refractivity contribution in [3.63, 3.8) is 0 Å². The Kier molecular flexibility index (Phi) is 2.55. The van der Waals surface area contributed by atoms with E-state index < -0.39 is 18.1 Å². The predicted octanol–water partition coefficient (Wildman–Crippen LogP) is 0.770. The molecular formula is C8H11NO4. The number of nitrogens with zero attached hydrogens (tertiary/aromatic N) is 1. The van der Waals surface area contributed by atoms with Crippen LogP contribution in [-0.4, -0.2) is 39.8 Å². The standard InChI is InChI=1S/C8H11NO4/c1-5-2-3-9(8(12)13)6(4-5)7(10)11/h2,6H,3-4H2,1H3,(H,10,11)(H,12,13)/t6-/m0/s1. The summed E-state index contributed by atoms with van der Waals surface area (Å²) in [5, 5.41) is 17.4. The van der Waals surface area contributed by atoms with Crippen molar-refractivity contribution >= 4 is 12.1 Å². The summed E-state index contributed by atoms with van der Waals surface area (Å²) in [5.41, 5.74) is 0.921. The topological polar surface area (TPSA) is 77.8 Å². The Labute approximate surface area is 75.3 Å². The molecule has 0 saturated carbocycles. The third-order valence-corrected chi connectivity index (χ3v) is 2.06. The quantitative estimate of drug-likeness (QED) is 0.591. The van der Waals surface area contributed by atoms with Gasteiger partial charge >= 0.3 is 12.1 Å². The Morgan fingerprint density at radius 3 is 2.62 bits per heavy atom. The molecule has 0 aromatic rings. The molecule has 0 fully saturated rings. The van der Waals surface area contributed by atoms with Crippen LogP contribution in [0.4, 0.5) is 4.79 Å². The third kappa shape index (κ3) is 1.99. The normalized spacial score (nSPS) is 22.4. The largest absolute Gasteiger partial charge is 0.480 e. The van der Waals surface area contributed by atoms with E-state index in [-0.39, 0.29) is 13.0 Å². The van der Waals surface area contributed by atoms with Gasteiger partial charge in [-0.05, 0) is 13.3 Å². The zero-order valence-electron chi connectivity index (χ0n) is 7.23. The lowest BCUT2D eigenvalue weighted by atomic mass is 10.0. The molecular weight excluding hydrogens is 174 g/mol. The molecule has 5 nitrogen and oxygen atoms in total. The molecule has 2 N–H and O–H groups in total. The minimum Gasteiger partial charge on any atom is -0.480 e. The van der Waals surface area contributed by atoms with Crippen LogP contribution < -0.4 is 0 Å². The van der Waals surface area contributed by atoms with Gasteiger partial charge in [-0.1, -0.05) is 11.6 Å². The van der Waals surface area contributed by atoms with E-state index in [0.717, 1.165) is 10.5 Å². The summed E-state index contributed by atoms with van der Waals surface area (Å²) in [5.74, 6) is -1.09. The molecule has 0 bridgehead atoms. The summed E-state index contributed by atoms with van der Waals surface area (Å²) in [7, 11) is 0. The Morgan fingerprint density at radius 2 is 2.15 bits per heavy atom. The summed E-state index contributed by atoms with van der Waals surface area (Å²) in [4.78, 5) is 22.2. The van der Waals surface area contributed by atoms with Gasteiger partial charge in [0.2, 0.25) is 0 Å². The molecule has 0 aromatic carbocycles. The lowest BCUT2D eigenvalue weighted by Gasteiger charge is -2.29. The molecule has 13 heavy (non-hydrogen) atoms. The van der Waals surface area contributed by atoms with Crippen molar-refractivity contribution in [2.75, 3.05) is 6.54 Å². The van der Waals surface area contributed by atoms with Gasteiger partial charge in [0.05, 0.1) is 0 Å². The van der Waals surface area contributed by atoms with Crippen LogP contribution in [0, 0.1) is 0 Å². The summed E-state index contributed by atoms with van der Waals surface area (Å²) in [6.45, 7) is 1.97. The Hall–Kier alpha value is -1.52. The van der Waals surface area contributed by atoms with E-state index in [2.05, 4.69) is 0 Å². The fourth-order valence-corrected chi connectivity index (χ4v) is 1.31. The van der Waals surface area contributed by atoms with Crippen LogP contribution in [0.25, 0.3) is 0 Å². The monoisotopic (exact) mass is 185 g/mol. The van der Waals surface area contributed by atoms with Gasteiger partial charge in [-0.2, -0.15) is 0 Å². The Bertz CT molecular complexity index is 271. The van der Waals surface area contributed by atoms with Gasteiger partial charge in [-0.25, -0.2) is 9.59 Å². The number of carboxylic acids is 1. The molecule has 0 saturated heterocycles. The first kappa shape index (κ1) is 9.57. The summed E-state index contributed by atoms with van der Waals surface area (Å²) < 4.78 is 0. The van der Waals surface area contributed by atoms with Crippen LogP contribution in [0.15, 0.2) is 11.6 Å². The van der Waals surface area contributed by atoms with Gasteiger partial charge in [0.25, 0.3) is 0 Å². The number of aliphatic carboxylic acids is 1. The van der Waals surface area contributed by atoms with E-state index >= 15 is 0 Å². The minimum absolute atomic E-state index is 0.165. The summed E-state index contributed by atoms with van der Waals surface area (Å²) in [6, 6.07) is -0.928.